The van der Waals surface area contributed by atoms with Crippen molar-refractivity contribution in [3.05, 3.63) is 28.2 Å². The van der Waals surface area contributed by atoms with Crippen LogP contribution in [-0.2, 0) is 9.53 Å². The summed E-state index contributed by atoms with van der Waals surface area (Å²) in [6.07, 6.45) is 0.719. The molecule has 2 N–H and O–H groups in total. The molecule has 5 nitrogen and oxygen atoms in total. The van der Waals surface area contributed by atoms with Crippen molar-refractivity contribution in [2.45, 2.75) is 12.8 Å². The van der Waals surface area contributed by atoms with Gasteiger partial charge in [0, 0.05) is 0 Å². The molecular formula is C11H10Cl2N2O3. The molecule has 0 radical (unpaired) electrons. The summed E-state index contributed by atoms with van der Waals surface area (Å²) in [6, 6.07) is 4.73. The summed E-state index contributed by atoms with van der Waals surface area (Å²) in [4.78, 5) is 22.4. The third kappa shape index (κ3) is 3.51. The summed E-state index contributed by atoms with van der Waals surface area (Å²) in [5, 5.41) is 0.764. The first-order valence-corrected chi connectivity index (χ1v) is 6.04. The Morgan fingerprint density at radius 2 is 1.94 bits per heavy atom. The fraction of sp³-hybridized carbons (Fsp3) is 0.273. The van der Waals surface area contributed by atoms with Crippen LogP contribution in [0.25, 0.3) is 0 Å². The second kappa shape index (κ2) is 5.46. The number of rotatable bonds is 3. The Kier molecular flexibility index (Phi) is 3.93. The maximum Gasteiger partial charge on any atom is 0.433 e. The molecule has 1 saturated carbocycles. The molecule has 1 aliphatic rings. The Balaban J connectivity index is 1.81. The second-order valence-corrected chi connectivity index (χ2v) is 4.68. The molecule has 0 heterocycles. The van der Waals surface area contributed by atoms with Crippen LogP contribution < -0.4 is 10.9 Å². The molecule has 0 unspecified atom stereocenters. The molecular weight excluding hydrogens is 279 g/mol. The van der Waals surface area contributed by atoms with Crippen molar-refractivity contribution in [2.75, 3.05) is 5.43 Å². The number of nitrogens with one attached hydrogen (secondary N) is 2. The van der Waals surface area contributed by atoms with Crippen molar-refractivity contribution in [2.24, 2.45) is 5.92 Å². The fourth-order valence-corrected chi connectivity index (χ4v) is 1.51. The molecule has 1 amide bonds. The van der Waals surface area contributed by atoms with Crippen molar-refractivity contribution in [3.8, 4) is 0 Å². The van der Waals surface area contributed by atoms with Crippen LogP contribution in [0.2, 0.25) is 10.0 Å². The van der Waals surface area contributed by atoms with Crippen LogP contribution in [0, 0.1) is 5.92 Å². The quantitative estimate of drug-likeness (QED) is 0.510. The fourth-order valence-electron chi connectivity index (χ4n) is 1.22. The van der Waals surface area contributed by atoms with Gasteiger partial charge in [-0.05, 0) is 31.0 Å². The van der Waals surface area contributed by atoms with Gasteiger partial charge in [0.15, 0.2) is 0 Å². The molecule has 1 aromatic carbocycles. The molecule has 0 aromatic heterocycles. The number of esters is 1. The van der Waals surface area contributed by atoms with Crippen LogP contribution in [0.4, 0.5) is 10.5 Å². The highest BCUT2D eigenvalue weighted by Gasteiger charge is 2.32. The van der Waals surface area contributed by atoms with Gasteiger partial charge in [0.05, 0.1) is 21.7 Å². The molecule has 1 fully saturated rings. The summed E-state index contributed by atoms with van der Waals surface area (Å²) < 4.78 is 4.54. The Labute approximate surface area is 113 Å². The lowest BCUT2D eigenvalue weighted by molar-refractivity contribution is -0.138. The van der Waals surface area contributed by atoms with Crippen LogP contribution in [0.3, 0.4) is 0 Å². The Bertz CT molecular complexity index is 489. The number of hydrogen-bond donors (Lipinski definition) is 2. The van der Waals surface area contributed by atoms with Gasteiger partial charge in [-0.2, -0.15) is 0 Å². The number of halogens is 2. The molecule has 18 heavy (non-hydrogen) atoms. The average Bonchev–Trinajstić information content (AvgIpc) is 3.14. The lowest BCUT2D eigenvalue weighted by Gasteiger charge is -2.08. The van der Waals surface area contributed by atoms with Crippen LogP contribution in [0.5, 0.6) is 0 Å². The molecule has 1 aromatic rings. The van der Waals surface area contributed by atoms with Gasteiger partial charge < -0.3 is 4.74 Å². The van der Waals surface area contributed by atoms with E-state index in [-0.39, 0.29) is 5.92 Å². The highest BCUT2D eigenvalue weighted by atomic mass is 35.5. The van der Waals surface area contributed by atoms with Gasteiger partial charge in [0.1, 0.15) is 0 Å². The molecule has 0 bridgehead atoms. The minimum atomic E-state index is -0.849. The average molecular weight is 289 g/mol. The SMILES string of the molecule is O=C(NNc1ccc(Cl)c(Cl)c1)OC(=O)C1CC1. The van der Waals surface area contributed by atoms with Gasteiger partial charge in [0.2, 0.25) is 0 Å². The molecule has 96 valence electrons. The molecule has 0 spiro atoms. The minimum absolute atomic E-state index is 0.124. The number of ether oxygens (including phenoxy) is 1. The summed E-state index contributed by atoms with van der Waals surface area (Å²) >= 11 is 11.5. The first-order valence-electron chi connectivity index (χ1n) is 5.29. The molecule has 0 aliphatic heterocycles. The van der Waals surface area contributed by atoms with E-state index in [0.717, 1.165) is 12.8 Å². The maximum atomic E-state index is 11.2. The van der Waals surface area contributed by atoms with Crippen LogP contribution in [0.15, 0.2) is 18.2 Å². The van der Waals surface area contributed by atoms with Gasteiger partial charge in [0.25, 0.3) is 0 Å². The van der Waals surface area contributed by atoms with E-state index >= 15 is 0 Å². The third-order valence-electron chi connectivity index (χ3n) is 2.33. The van der Waals surface area contributed by atoms with Gasteiger partial charge in [-0.1, -0.05) is 23.2 Å². The summed E-state index contributed by atoms with van der Waals surface area (Å²) in [5.74, 6) is -0.621. The summed E-state index contributed by atoms with van der Waals surface area (Å²) in [7, 11) is 0. The highest BCUT2D eigenvalue weighted by Crippen LogP contribution is 2.30. The van der Waals surface area contributed by atoms with Gasteiger partial charge >= 0.3 is 12.1 Å². The standard InChI is InChI=1S/C11H10Cl2N2O3/c12-8-4-3-7(5-9(8)13)14-15-11(17)18-10(16)6-1-2-6/h3-6,14H,1-2H2,(H,15,17). The lowest BCUT2D eigenvalue weighted by atomic mass is 10.3. The van der Waals surface area contributed by atoms with E-state index < -0.39 is 12.1 Å². The normalized spacial score (nSPS) is 13.9. The van der Waals surface area contributed by atoms with E-state index in [1.54, 1.807) is 12.1 Å². The number of carbonyl (C=O) groups excluding carboxylic acids is 2. The van der Waals surface area contributed by atoms with Gasteiger partial charge in [-0.3, -0.25) is 10.2 Å². The smallest absolute Gasteiger partial charge is 0.375 e. The highest BCUT2D eigenvalue weighted by molar-refractivity contribution is 6.42. The van der Waals surface area contributed by atoms with Crippen LogP contribution in [0.1, 0.15) is 12.8 Å². The predicted octanol–water partition coefficient (Wildman–Crippen LogP) is 2.98. The topological polar surface area (TPSA) is 67.4 Å². The summed E-state index contributed by atoms with van der Waals surface area (Å²) in [6.45, 7) is 0. The number of hydrogen-bond acceptors (Lipinski definition) is 4. The van der Waals surface area contributed by atoms with E-state index in [0.29, 0.717) is 15.7 Å². The van der Waals surface area contributed by atoms with E-state index in [2.05, 4.69) is 15.6 Å². The second-order valence-electron chi connectivity index (χ2n) is 3.86. The zero-order valence-electron chi connectivity index (χ0n) is 9.20. The molecule has 2 rings (SSSR count). The lowest BCUT2D eigenvalue weighted by Crippen LogP contribution is -2.32. The Morgan fingerprint density at radius 1 is 1.22 bits per heavy atom. The zero-order chi connectivity index (χ0) is 13.1. The molecule has 0 saturated heterocycles. The van der Waals surface area contributed by atoms with E-state index in [1.807, 2.05) is 0 Å². The van der Waals surface area contributed by atoms with E-state index in [9.17, 15) is 9.59 Å². The minimum Gasteiger partial charge on any atom is -0.375 e. The Morgan fingerprint density at radius 3 is 2.56 bits per heavy atom. The molecule has 7 heteroatoms. The number of amides is 1. The summed E-state index contributed by atoms with van der Waals surface area (Å²) in [5.41, 5.74) is 5.31. The van der Waals surface area contributed by atoms with Crippen molar-refractivity contribution >= 4 is 41.0 Å². The number of benzene rings is 1. The zero-order valence-corrected chi connectivity index (χ0v) is 10.7. The van der Waals surface area contributed by atoms with Crippen LogP contribution >= 0.6 is 23.2 Å². The molecule has 0 atom stereocenters. The van der Waals surface area contributed by atoms with Crippen molar-refractivity contribution in [1.29, 1.82) is 0 Å². The van der Waals surface area contributed by atoms with Gasteiger partial charge in [-0.15, -0.1) is 0 Å². The van der Waals surface area contributed by atoms with Crippen molar-refractivity contribution in [1.82, 2.24) is 5.43 Å². The molecule has 1 aliphatic carbocycles. The van der Waals surface area contributed by atoms with Crippen molar-refractivity contribution < 1.29 is 14.3 Å². The number of hydrazine groups is 1. The largest absolute Gasteiger partial charge is 0.433 e. The van der Waals surface area contributed by atoms with Gasteiger partial charge in [-0.25, -0.2) is 10.2 Å². The first-order chi connectivity index (χ1) is 8.56. The van der Waals surface area contributed by atoms with E-state index in [1.165, 1.54) is 6.07 Å². The Hall–Kier alpha value is -1.46. The monoisotopic (exact) mass is 288 g/mol. The van der Waals surface area contributed by atoms with Crippen LogP contribution in [-0.4, -0.2) is 12.1 Å². The first kappa shape index (κ1) is 13.0. The predicted molar refractivity (Wildman–Crippen MR) is 67.4 cm³/mol. The van der Waals surface area contributed by atoms with Crippen molar-refractivity contribution in [3.63, 3.8) is 0 Å². The maximum absolute atomic E-state index is 11.2. The number of anilines is 1. The van der Waals surface area contributed by atoms with E-state index in [4.69, 9.17) is 23.2 Å². The third-order valence-corrected chi connectivity index (χ3v) is 3.07. The number of carbonyl (C=O) groups is 2.